The second-order valence-electron chi connectivity index (χ2n) is 7.50. The normalized spacial score (nSPS) is 22.1. The van der Waals surface area contributed by atoms with Gasteiger partial charge in [0.25, 0.3) is 0 Å². The van der Waals surface area contributed by atoms with Gasteiger partial charge in [0, 0.05) is 7.11 Å². The molecular weight excluding hydrogens is 348 g/mol. The van der Waals surface area contributed by atoms with Gasteiger partial charge in [0.2, 0.25) is 0 Å². The van der Waals surface area contributed by atoms with E-state index in [2.05, 4.69) is 56.2 Å². The number of terminal acetylenes is 1. The molecule has 0 amide bonds. The number of hydrogen-bond donors (Lipinski definition) is 3. The van der Waals surface area contributed by atoms with E-state index in [0.29, 0.717) is 11.8 Å². The Morgan fingerprint density at radius 1 is 0.964 bits per heavy atom. The third-order valence-electron chi connectivity index (χ3n) is 5.21. The van der Waals surface area contributed by atoms with Crippen molar-refractivity contribution in [3.63, 3.8) is 0 Å². The second-order valence-corrected chi connectivity index (χ2v) is 7.50. The summed E-state index contributed by atoms with van der Waals surface area (Å²) < 4.78 is 0. The number of aliphatic hydroxyl groups excluding tert-OH is 3. The summed E-state index contributed by atoms with van der Waals surface area (Å²) >= 11 is 0. The van der Waals surface area contributed by atoms with E-state index >= 15 is 0 Å². The lowest BCUT2D eigenvalue weighted by molar-refractivity contribution is 0.0945. The molecular formula is C25H34O3. The summed E-state index contributed by atoms with van der Waals surface area (Å²) in [6.45, 7) is 4.03. The molecule has 3 nitrogen and oxygen atoms in total. The van der Waals surface area contributed by atoms with Crippen molar-refractivity contribution in [3.8, 4) is 12.8 Å². The minimum atomic E-state index is -0.415. The van der Waals surface area contributed by atoms with Crippen molar-refractivity contribution < 1.29 is 15.3 Å². The van der Waals surface area contributed by atoms with Crippen LogP contribution in [0.2, 0.25) is 0 Å². The van der Waals surface area contributed by atoms with Gasteiger partial charge in [-0.1, -0.05) is 55.5 Å². The molecule has 1 fully saturated rings. The maximum absolute atomic E-state index is 10.1. The van der Waals surface area contributed by atoms with Gasteiger partial charge in [0.15, 0.2) is 0 Å². The number of aliphatic hydroxyl groups is 3. The fourth-order valence-corrected chi connectivity index (χ4v) is 3.95. The Morgan fingerprint density at radius 2 is 1.61 bits per heavy atom. The summed E-state index contributed by atoms with van der Waals surface area (Å²) in [6, 6.07) is 17.0. The van der Waals surface area contributed by atoms with E-state index in [1.54, 1.807) is 6.92 Å². The molecule has 4 atom stereocenters. The van der Waals surface area contributed by atoms with Gasteiger partial charge in [-0.15, -0.1) is 12.8 Å². The Hall–Kier alpha value is -2.12. The summed E-state index contributed by atoms with van der Waals surface area (Å²) in [6.07, 6.45) is 11.3. The summed E-state index contributed by atoms with van der Waals surface area (Å²) in [5.41, 5.74) is 4.88. The van der Waals surface area contributed by atoms with Crippen molar-refractivity contribution in [1.29, 1.82) is 0 Å². The minimum absolute atomic E-state index is 0.157. The van der Waals surface area contributed by atoms with Crippen LogP contribution in [0.25, 0.3) is 0 Å². The zero-order valence-electron chi connectivity index (χ0n) is 17.3. The van der Waals surface area contributed by atoms with E-state index < -0.39 is 6.10 Å². The standard InChI is InChI=1S/C22H28O2.C2H2.CH4O/c1-15-10-21(14-22(24)11-15)20-5-3-4-18(13-20)12-17-6-8-19(9-7-17)16(2)23;2*1-2/h3-9,13,15-16,21-24H,10-12,14H2,1-2H3;1-2H;2H,1H3/t15-,16?,21+,22-;;/m0../s1. The van der Waals surface area contributed by atoms with Crippen LogP contribution in [0.5, 0.6) is 0 Å². The molecule has 1 aliphatic carbocycles. The Bertz CT molecular complexity index is 693. The Morgan fingerprint density at radius 3 is 2.18 bits per heavy atom. The van der Waals surface area contributed by atoms with Gasteiger partial charge in [-0.25, -0.2) is 0 Å². The Labute approximate surface area is 170 Å². The maximum Gasteiger partial charge on any atom is 0.0761 e. The van der Waals surface area contributed by atoms with Crippen LogP contribution in [-0.4, -0.2) is 28.5 Å². The van der Waals surface area contributed by atoms with Crippen molar-refractivity contribution >= 4 is 0 Å². The first-order valence-corrected chi connectivity index (χ1v) is 9.83. The van der Waals surface area contributed by atoms with Gasteiger partial charge in [-0.05, 0) is 66.7 Å². The van der Waals surface area contributed by atoms with Crippen molar-refractivity contribution in [3.05, 3.63) is 70.8 Å². The highest BCUT2D eigenvalue weighted by Gasteiger charge is 2.26. The van der Waals surface area contributed by atoms with E-state index in [1.807, 2.05) is 12.1 Å². The molecule has 3 heteroatoms. The quantitative estimate of drug-likeness (QED) is 0.685. The summed E-state index contributed by atoms with van der Waals surface area (Å²) in [4.78, 5) is 0. The molecule has 2 aromatic carbocycles. The molecule has 0 spiro atoms. The lowest BCUT2D eigenvalue weighted by atomic mass is 9.77. The third kappa shape index (κ3) is 7.13. The lowest BCUT2D eigenvalue weighted by Crippen LogP contribution is -2.23. The van der Waals surface area contributed by atoms with Crippen LogP contribution < -0.4 is 0 Å². The van der Waals surface area contributed by atoms with Crippen molar-refractivity contribution in [1.82, 2.24) is 0 Å². The van der Waals surface area contributed by atoms with E-state index in [0.717, 1.165) is 31.9 Å². The van der Waals surface area contributed by atoms with Gasteiger partial charge in [0.05, 0.1) is 12.2 Å². The first-order valence-electron chi connectivity index (χ1n) is 9.83. The average Bonchev–Trinajstić information content (AvgIpc) is 2.71. The van der Waals surface area contributed by atoms with Crippen LogP contribution in [0.15, 0.2) is 48.5 Å². The first-order chi connectivity index (χ1) is 13.5. The largest absolute Gasteiger partial charge is 0.400 e. The number of hydrogen-bond acceptors (Lipinski definition) is 3. The van der Waals surface area contributed by atoms with Crippen LogP contribution in [-0.2, 0) is 6.42 Å². The molecule has 3 rings (SSSR count). The zero-order chi connectivity index (χ0) is 21.1. The second kappa shape index (κ2) is 12.4. The molecule has 1 aliphatic rings. The molecule has 0 radical (unpaired) electrons. The summed E-state index contributed by atoms with van der Waals surface area (Å²) in [7, 11) is 1.00. The highest BCUT2D eigenvalue weighted by molar-refractivity contribution is 5.33. The van der Waals surface area contributed by atoms with Gasteiger partial charge in [-0.2, -0.15) is 0 Å². The smallest absolute Gasteiger partial charge is 0.0761 e. The molecule has 2 aromatic rings. The van der Waals surface area contributed by atoms with Crippen LogP contribution in [0.1, 0.15) is 67.4 Å². The fourth-order valence-electron chi connectivity index (χ4n) is 3.95. The first kappa shape index (κ1) is 23.9. The predicted octanol–water partition coefficient (Wildman–Crippen LogP) is 4.45. The molecule has 0 aromatic heterocycles. The van der Waals surface area contributed by atoms with Crippen LogP contribution >= 0.6 is 0 Å². The van der Waals surface area contributed by atoms with Crippen molar-refractivity contribution in [2.24, 2.45) is 5.92 Å². The van der Waals surface area contributed by atoms with Crippen LogP contribution in [0, 0.1) is 18.8 Å². The van der Waals surface area contributed by atoms with E-state index in [1.165, 1.54) is 23.1 Å². The van der Waals surface area contributed by atoms with Gasteiger partial charge in [-0.3, -0.25) is 0 Å². The minimum Gasteiger partial charge on any atom is -0.400 e. The molecule has 1 saturated carbocycles. The van der Waals surface area contributed by atoms with Gasteiger partial charge >= 0.3 is 0 Å². The molecule has 152 valence electrons. The molecule has 3 N–H and O–H groups in total. The summed E-state index contributed by atoms with van der Waals surface area (Å²) in [5, 5.41) is 26.7. The van der Waals surface area contributed by atoms with Crippen molar-refractivity contribution in [2.45, 2.75) is 57.7 Å². The predicted molar refractivity (Wildman–Crippen MR) is 116 cm³/mol. The Balaban J connectivity index is 0.000000921. The van der Waals surface area contributed by atoms with Gasteiger partial charge < -0.3 is 15.3 Å². The van der Waals surface area contributed by atoms with E-state index in [9.17, 15) is 10.2 Å². The third-order valence-corrected chi connectivity index (χ3v) is 5.21. The van der Waals surface area contributed by atoms with Crippen molar-refractivity contribution in [2.75, 3.05) is 7.11 Å². The summed E-state index contributed by atoms with van der Waals surface area (Å²) in [5.74, 6) is 1.07. The van der Waals surface area contributed by atoms with E-state index in [-0.39, 0.29) is 6.10 Å². The number of rotatable bonds is 4. The lowest BCUT2D eigenvalue weighted by Gasteiger charge is -2.31. The fraction of sp³-hybridized carbons (Fsp3) is 0.440. The number of benzene rings is 2. The zero-order valence-corrected chi connectivity index (χ0v) is 17.3. The van der Waals surface area contributed by atoms with E-state index in [4.69, 9.17) is 5.11 Å². The molecule has 0 aliphatic heterocycles. The molecule has 1 unspecified atom stereocenters. The Kier molecular flexibility index (Phi) is 10.6. The van der Waals surface area contributed by atoms with Crippen LogP contribution in [0.4, 0.5) is 0 Å². The topological polar surface area (TPSA) is 60.7 Å². The molecule has 28 heavy (non-hydrogen) atoms. The maximum atomic E-state index is 10.1. The van der Waals surface area contributed by atoms with Crippen LogP contribution in [0.3, 0.4) is 0 Å². The highest BCUT2D eigenvalue weighted by atomic mass is 16.3. The van der Waals surface area contributed by atoms with Gasteiger partial charge in [0.1, 0.15) is 0 Å². The highest BCUT2D eigenvalue weighted by Crippen LogP contribution is 2.36. The molecule has 0 heterocycles. The molecule has 0 bridgehead atoms. The molecule has 0 saturated heterocycles. The average molecular weight is 383 g/mol. The monoisotopic (exact) mass is 382 g/mol. The SMILES string of the molecule is C#C.CC(O)c1ccc(Cc2cccc([C@@H]3C[C@H](C)C[C@H](O)C3)c2)cc1.CO.